The third-order valence-corrected chi connectivity index (χ3v) is 2.49. The van der Waals surface area contributed by atoms with Crippen LogP contribution in [0.25, 0.3) is 0 Å². The Labute approximate surface area is 82.2 Å². The third-order valence-electron chi connectivity index (χ3n) is 2.49. The second-order valence-corrected chi connectivity index (χ2v) is 3.87. The zero-order chi connectivity index (χ0) is 9.36. The first-order chi connectivity index (χ1) is 6.43. The Morgan fingerprint density at radius 3 is 2.31 bits per heavy atom. The molecule has 1 aliphatic rings. The Morgan fingerprint density at radius 1 is 1.08 bits per heavy atom. The zero-order valence-electron chi connectivity index (χ0n) is 8.85. The smallest absolute Gasteiger partial charge is 0.145 e. The molecule has 0 aromatic carbocycles. The highest BCUT2D eigenvalue weighted by molar-refractivity contribution is 5.03. The minimum Gasteiger partial charge on any atom is -0.487 e. The van der Waals surface area contributed by atoms with E-state index in [0.717, 1.165) is 6.61 Å². The van der Waals surface area contributed by atoms with Crippen molar-refractivity contribution in [2.24, 2.45) is 0 Å². The summed E-state index contributed by atoms with van der Waals surface area (Å²) in [5, 5.41) is 0. The van der Waals surface area contributed by atoms with Crippen molar-refractivity contribution in [1.82, 2.24) is 0 Å². The molecular weight excluding hydrogens is 160 g/mol. The lowest BCUT2D eigenvalue weighted by molar-refractivity contribution is 0.507. The summed E-state index contributed by atoms with van der Waals surface area (Å²) in [7, 11) is 0. The van der Waals surface area contributed by atoms with Crippen LogP contribution in [-0.2, 0) is 4.74 Å². The predicted molar refractivity (Wildman–Crippen MR) is 56.6 cm³/mol. The van der Waals surface area contributed by atoms with Gasteiger partial charge in [0.25, 0.3) is 0 Å². The fourth-order valence-electron chi connectivity index (χ4n) is 1.52. The van der Waals surface area contributed by atoms with E-state index in [1.807, 2.05) is 0 Å². The van der Waals surface area contributed by atoms with E-state index in [9.17, 15) is 0 Å². The van der Waals surface area contributed by atoms with Crippen molar-refractivity contribution in [1.29, 1.82) is 0 Å². The van der Waals surface area contributed by atoms with Crippen molar-refractivity contribution in [2.45, 2.75) is 58.3 Å². The number of ether oxygens (including phenoxy) is 1. The average molecular weight is 182 g/mol. The van der Waals surface area contributed by atoms with Crippen molar-refractivity contribution < 1.29 is 4.74 Å². The quantitative estimate of drug-likeness (QED) is 0.407. The van der Waals surface area contributed by atoms with Gasteiger partial charge < -0.3 is 4.74 Å². The highest BCUT2D eigenvalue weighted by atomic mass is 16.6. The molecule has 0 saturated carbocycles. The first kappa shape index (κ1) is 10.6. The molecule has 0 amide bonds. The van der Waals surface area contributed by atoms with Crippen LogP contribution in [0.5, 0.6) is 0 Å². The van der Waals surface area contributed by atoms with Gasteiger partial charge in [0.2, 0.25) is 0 Å². The van der Waals surface area contributed by atoms with Crippen LogP contribution in [0.2, 0.25) is 0 Å². The number of unbranched alkanes of at least 4 members (excludes halogenated alkanes) is 7. The zero-order valence-corrected chi connectivity index (χ0v) is 8.85. The van der Waals surface area contributed by atoms with Crippen LogP contribution < -0.4 is 0 Å². The Hall–Kier alpha value is -0.460. The van der Waals surface area contributed by atoms with Crippen molar-refractivity contribution in [3.05, 3.63) is 11.8 Å². The molecule has 0 aromatic heterocycles. The van der Waals surface area contributed by atoms with Crippen LogP contribution in [0.1, 0.15) is 58.3 Å². The number of allylic oxidation sites excluding steroid dienone is 1. The van der Waals surface area contributed by atoms with Gasteiger partial charge in [0.1, 0.15) is 12.4 Å². The van der Waals surface area contributed by atoms with Crippen molar-refractivity contribution in [3.63, 3.8) is 0 Å². The molecule has 0 bridgehead atoms. The van der Waals surface area contributed by atoms with Crippen LogP contribution in [0.4, 0.5) is 0 Å². The van der Waals surface area contributed by atoms with E-state index in [1.54, 1.807) is 0 Å². The molecule has 0 spiro atoms. The van der Waals surface area contributed by atoms with Crippen LogP contribution in [0.15, 0.2) is 11.8 Å². The fourth-order valence-corrected chi connectivity index (χ4v) is 1.52. The van der Waals surface area contributed by atoms with Crippen molar-refractivity contribution >= 4 is 0 Å². The van der Waals surface area contributed by atoms with Crippen LogP contribution in [0, 0.1) is 0 Å². The maximum Gasteiger partial charge on any atom is 0.145 e. The summed E-state index contributed by atoms with van der Waals surface area (Å²) in [5.41, 5.74) is 0. The number of hydrogen-bond acceptors (Lipinski definition) is 1. The molecular formula is C12H22O. The largest absolute Gasteiger partial charge is 0.487 e. The summed E-state index contributed by atoms with van der Waals surface area (Å²) in [6.45, 7) is 3.16. The fraction of sp³-hybridized carbons (Fsp3) is 0.833. The predicted octanol–water partition coefficient (Wildman–Crippen LogP) is 4.04. The van der Waals surface area contributed by atoms with E-state index in [2.05, 4.69) is 13.0 Å². The second kappa shape index (κ2) is 6.99. The maximum absolute atomic E-state index is 5.03. The van der Waals surface area contributed by atoms with Gasteiger partial charge in [-0.05, 0) is 18.9 Å². The Morgan fingerprint density at radius 2 is 1.69 bits per heavy atom. The van der Waals surface area contributed by atoms with Gasteiger partial charge in [0.15, 0.2) is 0 Å². The minimum absolute atomic E-state index is 0.899. The monoisotopic (exact) mass is 182 g/mol. The molecule has 0 aromatic rings. The van der Waals surface area contributed by atoms with E-state index in [4.69, 9.17) is 4.74 Å². The molecule has 0 atom stereocenters. The molecule has 1 nitrogen and oxygen atoms in total. The SMILES string of the molecule is CCCCCCCCCC=C1CO1. The highest BCUT2D eigenvalue weighted by Crippen LogP contribution is 2.16. The van der Waals surface area contributed by atoms with Crippen molar-refractivity contribution in [2.75, 3.05) is 6.61 Å². The molecule has 0 N–H and O–H groups in total. The molecule has 1 rings (SSSR count). The van der Waals surface area contributed by atoms with E-state index in [0.29, 0.717) is 0 Å². The molecule has 1 heteroatoms. The van der Waals surface area contributed by atoms with Crippen molar-refractivity contribution in [3.8, 4) is 0 Å². The van der Waals surface area contributed by atoms with E-state index < -0.39 is 0 Å². The normalized spacial score (nSPS) is 17.5. The summed E-state index contributed by atoms with van der Waals surface area (Å²) in [6, 6.07) is 0. The Bertz CT molecular complexity index is 143. The van der Waals surface area contributed by atoms with Gasteiger partial charge in [-0.1, -0.05) is 45.4 Å². The van der Waals surface area contributed by atoms with Gasteiger partial charge in [0.05, 0.1) is 0 Å². The summed E-state index contributed by atoms with van der Waals surface area (Å²) < 4.78 is 5.03. The van der Waals surface area contributed by atoms with E-state index >= 15 is 0 Å². The summed E-state index contributed by atoms with van der Waals surface area (Å²) in [5.74, 6) is 1.21. The topological polar surface area (TPSA) is 12.5 Å². The molecule has 1 aliphatic heterocycles. The second-order valence-electron chi connectivity index (χ2n) is 3.87. The molecule has 0 unspecified atom stereocenters. The molecule has 1 saturated heterocycles. The molecule has 76 valence electrons. The van der Waals surface area contributed by atoms with Gasteiger partial charge in [-0.3, -0.25) is 0 Å². The third kappa shape index (κ3) is 6.68. The number of epoxide rings is 1. The average Bonchev–Trinajstić information content (AvgIpc) is 2.93. The Balaban J connectivity index is 1.71. The van der Waals surface area contributed by atoms with Gasteiger partial charge in [-0.2, -0.15) is 0 Å². The van der Waals surface area contributed by atoms with Crippen LogP contribution in [0.3, 0.4) is 0 Å². The lowest BCUT2D eigenvalue weighted by Gasteiger charge is -1.98. The molecule has 0 radical (unpaired) electrons. The minimum atomic E-state index is 0.899. The lowest BCUT2D eigenvalue weighted by Crippen LogP contribution is -1.78. The van der Waals surface area contributed by atoms with Gasteiger partial charge in [0, 0.05) is 0 Å². The molecule has 1 fully saturated rings. The van der Waals surface area contributed by atoms with E-state index in [1.165, 1.54) is 57.1 Å². The van der Waals surface area contributed by atoms with Gasteiger partial charge in [-0.25, -0.2) is 0 Å². The van der Waals surface area contributed by atoms with Gasteiger partial charge in [-0.15, -0.1) is 0 Å². The summed E-state index contributed by atoms with van der Waals surface area (Å²) in [6.07, 6.45) is 13.3. The summed E-state index contributed by atoms with van der Waals surface area (Å²) in [4.78, 5) is 0. The Kier molecular flexibility index (Phi) is 5.71. The molecule has 1 heterocycles. The molecule has 13 heavy (non-hydrogen) atoms. The van der Waals surface area contributed by atoms with Gasteiger partial charge >= 0.3 is 0 Å². The standard InChI is InChI=1S/C12H22O/c1-2-3-4-5-6-7-8-9-10-12-11-13-12/h10H,2-9,11H2,1H3. The number of hydrogen-bond donors (Lipinski definition) is 0. The first-order valence-corrected chi connectivity index (χ1v) is 5.75. The van der Waals surface area contributed by atoms with E-state index in [-0.39, 0.29) is 0 Å². The first-order valence-electron chi connectivity index (χ1n) is 5.75. The maximum atomic E-state index is 5.03. The lowest BCUT2D eigenvalue weighted by atomic mass is 10.1. The highest BCUT2D eigenvalue weighted by Gasteiger charge is 2.10. The number of rotatable bonds is 8. The van der Waals surface area contributed by atoms with Crippen LogP contribution in [-0.4, -0.2) is 6.61 Å². The summed E-state index contributed by atoms with van der Waals surface area (Å²) >= 11 is 0. The van der Waals surface area contributed by atoms with Crippen LogP contribution >= 0.6 is 0 Å². The molecule has 0 aliphatic carbocycles.